The van der Waals surface area contributed by atoms with Crippen molar-refractivity contribution in [1.29, 1.82) is 0 Å². The summed E-state index contributed by atoms with van der Waals surface area (Å²) in [4.78, 5) is 32.1. The van der Waals surface area contributed by atoms with Crippen LogP contribution in [0, 0.1) is 5.82 Å². The van der Waals surface area contributed by atoms with Crippen LogP contribution in [0.3, 0.4) is 0 Å². The van der Waals surface area contributed by atoms with Crippen molar-refractivity contribution >= 4 is 17.5 Å². The van der Waals surface area contributed by atoms with E-state index in [0.717, 1.165) is 30.8 Å². The van der Waals surface area contributed by atoms with Gasteiger partial charge in [-0.2, -0.15) is 0 Å². The number of hydrogen-bond donors (Lipinski definition) is 2. The minimum atomic E-state index is -0.287. The first kappa shape index (κ1) is 25.1. The quantitative estimate of drug-likeness (QED) is 0.606. The molecule has 2 saturated heterocycles. The zero-order valence-electron chi connectivity index (χ0n) is 20.8. The Morgan fingerprint density at radius 1 is 1.11 bits per heavy atom. The van der Waals surface area contributed by atoms with E-state index < -0.39 is 0 Å². The Labute approximate surface area is 207 Å². The van der Waals surface area contributed by atoms with Crippen molar-refractivity contribution < 1.29 is 14.0 Å². The van der Waals surface area contributed by atoms with E-state index in [0.29, 0.717) is 25.9 Å². The summed E-state index contributed by atoms with van der Waals surface area (Å²) in [6.07, 6.45) is 1.98. The Bertz CT molecular complexity index is 1010. The average molecular weight is 482 g/mol. The van der Waals surface area contributed by atoms with E-state index in [4.69, 9.17) is 0 Å². The second-order valence-corrected chi connectivity index (χ2v) is 9.84. The number of rotatable bonds is 8. The van der Waals surface area contributed by atoms with Crippen molar-refractivity contribution in [2.24, 2.45) is 0 Å². The molecule has 2 aliphatic heterocycles. The Morgan fingerprint density at radius 2 is 1.80 bits per heavy atom. The number of benzene rings is 2. The molecule has 0 aliphatic carbocycles. The Kier molecular flexibility index (Phi) is 8.03. The van der Waals surface area contributed by atoms with Crippen molar-refractivity contribution in [3.8, 4) is 0 Å². The van der Waals surface area contributed by atoms with E-state index in [1.807, 2.05) is 14.1 Å². The number of carbonyl (C=O) groups excluding carboxylic acids is 2. The first-order chi connectivity index (χ1) is 16.8. The SMILES string of the molecule is CN(C)c1ccc(CN2CCC3C2C(=O)NCC(CCC(=O)NCc2ccc(F)cc2)N3C)cc1. The molecule has 188 valence electrons. The van der Waals surface area contributed by atoms with Crippen molar-refractivity contribution in [3.05, 3.63) is 65.5 Å². The van der Waals surface area contributed by atoms with E-state index in [2.05, 4.69) is 56.6 Å². The number of anilines is 1. The van der Waals surface area contributed by atoms with Gasteiger partial charge in [-0.15, -0.1) is 0 Å². The van der Waals surface area contributed by atoms with Gasteiger partial charge in [-0.3, -0.25) is 19.4 Å². The number of halogens is 1. The maximum atomic E-state index is 13.1. The van der Waals surface area contributed by atoms with E-state index in [1.165, 1.54) is 17.7 Å². The highest BCUT2D eigenvalue weighted by atomic mass is 19.1. The minimum absolute atomic E-state index is 0.0379. The molecule has 35 heavy (non-hydrogen) atoms. The Balaban J connectivity index is 1.31. The van der Waals surface area contributed by atoms with Gasteiger partial charge < -0.3 is 15.5 Å². The third kappa shape index (κ3) is 6.18. The van der Waals surface area contributed by atoms with Crippen LogP contribution in [0.15, 0.2) is 48.5 Å². The lowest BCUT2D eigenvalue weighted by Crippen LogP contribution is -2.49. The van der Waals surface area contributed by atoms with E-state index in [9.17, 15) is 14.0 Å². The molecule has 0 saturated carbocycles. The van der Waals surface area contributed by atoms with Crippen LogP contribution in [0.1, 0.15) is 30.4 Å². The van der Waals surface area contributed by atoms with Crippen molar-refractivity contribution in [1.82, 2.24) is 20.4 Å². The molecule has 0 spiro atoms. The van der Waals surface area contributed by atoms with Gasteiger partial charge in [0.15, 0.2) is 0 Å². The summed E-state index contributed by atoms with van der Waals surface area (Å²) in [5, 5.41) is 6.04. The van der Waals surface area contributed by atoms with Crippen LogP contribution in [-0.4, -0.2) is 74.0 Å². The van der Waals surface area contributed by atoms with Gasteiger partial charge in [0, 0.05) is 64.5 Å². The predicted octanol–water partition coefficient (Wildman–Crippen LogP) is 2.36. The molecule has 7 nitrogen and oxygen atoms in total. The van der Waals surface area contributed by atoms with Crippen LogP contribution < -0.4 is 15.5 Å². The summed E-state index contributed by atoms with van der Waals surface area (Å²) in [5.41, 5.74) is 3.22. The average Bonchev–Trinajstić information content (AvgIpc) is 3.22. The summed E-state index contributed by atoms with van der Waals surface area (Å²) in [6, 6.07) is 14.7. The highest BCUT2D eigenvalue weighted by Crippen LogP contribution is 2.29. The fraction of sp³-hybridized carbons (Fsp3) is 0.481. The number of nitrogens with zero attached hydrogens (tertiary/aromatic N) is 3. The van der Waals surface area contributed by atoms with Crippen LogP contribution in [0.25, 0.3) is 0 Å². The molecule has 2 N–H and O–H groups in total. The van der Waals surface area contributed by atoms with Gasteiger partial charge in [0.25, 0.3) is 0 Å². The molecule has 2 amide bonds. The molecule has 3 atom stereocenters. The lowest BCUT2D eigenvalue weighted by Gasteiger charge is -2.33. The monoisotopic (exact) mass is 481 g/mol. The molecule has 3 unspecified atom stereocenters. The molecule has 0 aromatic heterocycles. The number of likely N-dealkylation sites (tertiary alicyclic amines) is 1. The zero-order chi connectivity index (χ0) is 24.9. The van der Waals surface area contributed by atoms with Crippen LogP contribution in [0.4, 0.5) is 10.1 Å². The molecule has 4 rings (SSSR count). The maximum Gasteiger partial charge on any atom is 0.239 e. The normalized spacial score (nSPS) is 22.9. The fourth-order valence-electron chi connectivity index (χ4n) is 5.15. The third-order valence-corrected chi connectivity index (χ3v) is 7.30. The van der Waals surface area contributed by atoms with Crippen LogP contribution >= 0.6 is 0 Å². The first-order valence-corrected chi connectivity index (χ1v) is 12.3. The van der Waals surface area contributed by atoms with Crippen molar-refractivity contribution in [2.75, 3.05) is 39.1 Å². The van der Waals surface area contributed by atoms with Crippen LogP contribution in [-0.2, 0) is 22.7 Å². The van der Waals surface area contributed by atoms with Gasteiger partial charge in [-0.25, -0.2) is 4.39 Å². The smallest absolute Gasteiger partial charge is 0.239 e. The molecular weight excluding hydrogens is 445 g/mol. The van der Waals surface area contributed by atoms with Crippen LogP contribution in [0.5, 0.6) is 0 Å². The molecule has 2 aromatic carbocycles. The standard InChI is InChI=1S/C27H36FN5O2/c1-31(2)22-10-6-20(7-11-22)18-33-15-14-24-26(33)27(35)30-17-23(32(24)3)12-13-25(34)29-16-19-4-8-21(28)9-5-19/h4-11,23-24,26H,12-18H2,1-3H3,(H,29,34)(H,30,35). The van der Waals surface area contributed by atoms with E-state index in [-0.39, 0.29) is 35.8 Å². The second kappa shape index (κ2) is 11.2. The fourth-order valence-corrected chi connectivity index (χ4v) is 5.15. The van der Waals surface area contributed by atoms with E-state index in [1.54, 1.807) is 12.1 Å². The molecule has 2 heterocycles. The number of fused-ring (bicyclic) bond motifs is 1. The summed E-state index contributed by atoms with van der Waals surface area (Å²) >= 11 is 0. The Morgan fingerprint density at radius 3 is 2.49 bits per heavy atom. The molecular formula is C27H36FN5O2. The number of amides is 2. The molecule has 0 radical (unpaired) electrons. The van der Waals surface area contributed by atoms with Crippen LogP contribution in [0.2, 0.25) is 0 Å². The summed E-state index contributed by atoms with van der Waals surface area (Å²) in [6.45, 7) is 2.53. The second-order valence-electron chi connectivity index (χ2n) is 9.84. The maximum absolute atomic E-state index is 13.1. The minimum Gasteiger partial charge on any atom is -0.378 e. The van der Waals surface area contributed by atoms with Gasteiger partial charge in [0.1, 0.15) is 11.9 Å². The van der Waals surface area contributed by atoms with Gasteiger partial charge in [-0.05, 0) is 55.3 Å². The largest absolute Gasteiger partial charge is 0.378 e. The van der Waals surface area contributed by atoms with Gasteiger partial charge in [0.05, 0.1) is 0 Å². The highest BCUT2D eigenvalue weighted by molar-refractivity contribution is 5.83. The zero-order valence-corrected chi connectivity index (χ0v) is 20.8. The lowest BCUT2D eigenvalue weighted by atomic mass is 10.0. The molecule has 2 fully saturated rings. The first-order valence-electron chi connectivity index (χ1n) is 12.3. The number of likely N-dealkylation sites (N-methyl/N-ethyl adjacent to an activating group) is 1. The molecule has 8 heteroatoms. The number of carbonyl (C=O) groups is 2. The Hall–Kier alpha value is -2.97. The molecule has 2 aliphatic rings. The summed E-state index contributed by atoms with van der Waals surface area (Å²) in [7, 11) is 6.13. The van der Waals surface area contributed by atoms with E-state index >= 15 is 0 Å². The summed E-state index contributed by atoms with van der Waals surface area (Å²) in [5.74, 6) is -0.249. The van der Waals surface area contributed by atoms with Gasteiger partial charge in [0.2, 0.25) is 11.8 Å². The highest BCUT2D eigenvalue weighted by Gasteiger charge is 2.44. The third-order valence-electron chi connectivity index (χ3n) is 7.30. The van der Waals surface area contributed by atoms with Gasteiger partial charge >= 0.3 is 0 Å². The van der Waals surface area contributed by atoms with Gasteiger partial charge in [-0.1, -0.05) is 24.3 Å². The number of nitrogens with one attached hydrogen (secondary N) is 2. The lowest BCUT2D eigenvalue weighted by molar-refractivity contribution is -0.126. The number of hydrogen-bond acceptors (Lipinski definition) is 5. The van der Waals surface area contributed by atoms with Crippen molar-refractivity contribution in [3.63, 3.8) is 0 Å². The predicted molar refractivity (Wildman–Crippen MR) is 135 cm³/mol. The van der Waals surface area contributed by atoms with Crippen molar-refractivity contribution in [2.45, 2.75) is 50.5 Å². The molecule has 2 aromatic rings. The molecule has 0 bridgehead atoms. The summed E-state index contributed by atoms with van der Waals surface area (Å²) < 4.78 is 13.1. The topological polar surface area (TPSA) is 67.9 Å².